The third-order valence-electron chi connectivity index (χ3n) is 1.31. The molecule has 0 aromatic heterocycles. The van der Waals surface area contributed by atoms with Crippen molar-refractivity contribution < 1.29 is 4.84 Å². The van der Waals surface area contributed by atoms with Gasteiger partial charge in [-0.05, 0) is 12.5 Å². The van der Waals surface area contributed by atoms with Crippen LogP contribution < -0.4 is 5.48 Å². The summed E-state index contributed by atoms with van der Waals surface area (Å²) < 4.78 is 0. The fourth-order valence-electron chi connectivity index (χ4n) is 0.795. The lowest BCUT2D eigenvalue weighted by Gasteiger charge is -1.99. The highest BCUT2D eigenvalue weighted by molar-refractivity contribution is 5.13. The molecule has 0 N–H and O–H groups in total. The molecule has 0 aliphatic heterocycles. The number of benzene rings is 1. The molecule has 1 aromatic rings. The summed E-state index contributed by atoms with van der Waals surface area (Å²) in [6.45, 7) is 3.22. The minimum absolute atomic E-state index is 0.646. The van der Waals surface area contributed by atoms with E-state index in [0.717, 1.165) is 0 Å². The van der Waals surface area contributed by atoms with Crippen LogP contribution in [0.15, 0.2) is 30.3 Å². The van der Waals surface area contributed by atoms with Gasteiger partial charge in [0.25, 0.3) is 0 Å². The van der Waals surface area contributed by atoms with Crippen molar-refractivity contribution in [2.75, 3.05) is 6.61 Å². The van der Waals surface area contributed by atoms with Crippen LogP contribution in [0.2, 0.25) is 0 Å². The van der Waals surface area contributed by atoms with Crippen LogP contribution in [0.25, 0.3) is 0 Å². The maximum atomic E-state index is 4.86. The van der Waals surface area contributed by atoms with Gasteiger partial charge in [0.2, 0.25) is 0 Å². The van der Waals surface area contributed by atoms with Crippen molar-refractivity contribution in [2.45, 2.75) is 13.5 Å². The lowest BCUT2D eigenvalue weighted by molar-refractivity contribution is 0.0377. The summed E-state index contributed by atoms with van der Waals surface area (Å²) in [5.74, 6) is 0. The molecule has 0 amide bonds. The van der Waals surface area contributed by atoms with Crippen molar-refractivity contribution in [3.8, 4) is 0 Å². The molecule has 0 heterocycles. The van der Waals surface area contributed by atoms with E-state index in [-0.39, 0.29) is 0 Å². The maximum absolute atomic E-state index is 4.86. The largest absolute Gasteiger partial charge is 0.282 e. The molecule has 11 heavy (non-hydrogen) atoms. The van der Waals surface area contributed by atoms with Gasteiger partial charge < -0.3 is 0 Å². The average Bonchev–Trinajstić information content (AvgIpc) is 2.07. The van der Waals surface area contributed by atoms with Gasteiger partial charge in [0, 0.05) is 0 Å². The monoisotopic (exact) mass is 150 g/mol. The second-order valence-electron chi connectivity index (χ2n) is 2.19. The highest BCUT2D eigenvalue weighted by Crippen LogP contribution is 1.97. The summed E-state index contributed by atoms with van der Waals surface area (Å²) in [4.78, 5) is 4.86. The molecule has 1 rings (SSSR count). The van der Waals surface area contributed by atoms with E-state index in [4.69, 9.17) is 4.84 Å². The molecule has 0 aliphatic rings. The molecule has 0 saturated heterocycles. The quantitative estimate of drug-likeness (QED) is 0.473. The summed E-state index contributed by atoms with van der Waals surface area (Å²) >= 11 is 0. The van der Waals surface area contributed by atoms with Gasteiger partial charge in [0.15, 0.2) is 0 Å². The first-order chi connectivity index (χ1) is 5.43. The molecule has 0 saturated carbocycles. The van der Waals surface area contributed by atoms with Crippen LogP contribution in [-0.2, 0) is 11.4 Å². The van der Waals surface area contributed by atoms with E-state index >= 15 is 0 Å². The van der Waals surface area contributed by atoms with Crippen LogP contribution in [0.1, 0.15) is 12.5 Å². The van der Waals surface area contributed by atoms with Crippen molar-refractivity contribution >= 4 is 0 Å². The first-order valence-electron chi connectivity index (χ1n) is 3.76. The second kappa shape index (κ2) is 4.88. The molecular formula is C9H12NO. The Hall–Kier alpha value is -0.860. The number of nitrogens with zero attached hydrogens (tertiary/aromatic N) is 1. The smallest absolute Gasteiger partial charge is 0.0677 e. The summed E-state index contributed by atoms with van der Waals surface area (Å²) in [5, 5.41) is 0. The molecule has 1 aromatic carbocycles. The number of hydrogen-bond acceptors (Lipinski definition) is 1. The van der Waals surface area contributed by atoms with Crippen molar-refractivity contribution in [3.63, 3.8) is 0 Å². The van der Waals surface area contributed by atoms with Gasteiger partial charge >= 0.3 is 0 Å². The second-order valence-corrected chi connectivity index (χ2v) is 2.19. The highest BCUT2D eigenvalue weighted by Gasteiger charge is 1.89. The lowest BCUT2D eigenvalue weighted by atomic mass is 10.2. The van der Waals surface area contributed by atoms with Crippen LogP contribution in [0.4, 0.5) is 0 Å². The van der Waals surface area contributed by atoms with Crippen molar-refractivity contribution in [2.24, 2.45) is 0 Å². The Bertz CT molecular complexity index is 186. The van der Waals surface area contributed by atoms with E-state index in [2.05, 4.69) is 5.48 Å². The zero-order valence-electron chi connectivity index (χ0n) is 6.66. The predicted octanol–water partition coefficient (Wildman–Crippen LogP) is 1.74. The maximum Gasteiger partial charge on any atom is 0.0677 e. The zero-order chi connectivity index (χ0) is 7.94. The Morgan fingerprint density at radius 1 is 1.27 bits per heavy atom. The van der Waals surface area contributed by atoms with Crippen molar-refractivity contribution in [1.29, 1.82) is 0 Å². The molecular weight excluding hydrogens is 138 g/mol. The van der Waals surface area contributed by atoms with Crippen molar-refractivity contribution in [3.05, 3.63) is 35.9 Å². The van der Waals surface area contributed by atoms with Crippen LogP contribution >= 0.6 is 0 Å². The van der Waals surface area contributed by atoms with Gasteiger partial charge in [0.1, 0.15) is 0 Å². The van der Waals surface area contributed by atoms with Crippen LogP contribution in [0, 0.1) is 0 Å². The standard InChI is InChI=1S/C9H12NO/c1-2-11-10-8-9-6-4-3-5-7-9/h3-7H,2,8H2,1H3. The van der Waals surface area contributed by atoms with Crippen LogP contribution in [0.5, 0.6) is 0 Å². The molecule has 0 atom stereocenters. The molecule has 2 heteroatoms. The molecule has 0 fully saturated rings. The van der Waals surface area contributed by atoms with Crippen molar-refractivity contribution in [1.82, 2.24) is 5.48 Å². The first-order valence-corrected chi connectivity index (χ1v) is 3.76. The topological polar surface area (TPSA) is 23.3 Å². The number of hydrogen-bond donors (Lipinski definition) is 0. The predicted molar refractivity (Wildman–Crippen MR) is 43.9 cm³/mol. The SMILES string of the molecule is CCO[N]Cc1ccccc1. The van der Waals surface area contributed by atoms with Gasteiger partial charge in [-0.25, -0.2) is 0 Å². The van der Waals surface area contributed by atoms with Crippen LogP contribution in [0.3, 0.4) is 0 Å². The molecule has 0 spiro atoms. The minimum Gasteiger partial charge on any atom is -0.282 e. The number of hydroxylamine groups is 1. The van der Waals surface area contributed by atoms with Gasteiger partial charge in [-0.2, -0.15) is 0 Å². The summed E-state index contributed by atoms with van der Waals surface area (Å²) in [5.41, 5.74) is 5.04. The minimum atomic E-state index is 0.646. The summed E-state index contributed by atoms with van der Waals surface area (Å²) in [6.07, 6.45) is 0. The fourth-order valence-corrected chi connectivity index (χ4v) is 0.795. The van der Waals surface area contributed by atoms with E-state index in [1.165, 1.54) is 5.56 Å². The van der Waals surface area contributed by atoms with E-state index in [1.807, 2.05) is 37.3 Å². The zero-order valence-corrected chi connectivity index (χ0v) is 6.66. The Balaban J connectivity index is 2.28. The van der Waals surface area contributed by atoms with E-state index in [1.54, 1.807) is 0 Å². The highest BCUT2D eigenvalue weighted by atomic mass is 16.6. The van der Waals surface area contributed by atoms with Gasteiger partial charge in [0.05, 0.1) is 13.2 Å². The molecule has 1 radical (unpaired) electrons. The van der Waals surface area contributed by atoms with E-state index in [9.17, 15) is 0 Å². The molecule has 2 nitrogen and oxygen atoms in total. The Labute approximate surface area is 67.1 Å². The molecule has 0 unspecified atom stereocenters. The Morgan fingerprint density at radius 3 is 2.64 bits per heavy atom. The summed E-state index contributed by atoms with van der Waals surface area (Å²) in [6, 6.07) is 10.0. The molecule has 0 bridgehead atoms. The summed E-state index contributed by atoms with van der Waals surface area (Å²) in [7, 11) is 0. The normalized spacial score (nSPS) is 9.91. The van der Waals surface area contributed by atoms with Gasteiger partial charge in [-0.15, -0.1) is 0 Å². The average molecular weight is 150 g/mol. The number of rotatable bonds is 4. The lowest BCUT2D eigenvalue weighted by Crippen LogP contribution is -2.05. The van der Waals surface area contributed by atoms with Gasteiger partial charge in [-0.1, -0.05) is 35.8 Å². The first kappa shape index (κ1) is 8.24. The third kappa shape index (κ3) is 3.16. The van der Waals surface area contributed by atoms with E-state index < -0.39 is 0 Å². The fraction of sp³-hybridized carbons (Fsp3) is 0.333. The Kier molecular flexibility index (Phi) is 3.65. The molecule has 0 aliphatic carbocycles. The van der Waals surface area contributed by atoms with Crippen LogP contribution in [-0.4, -0.2) is 6.61 Å². The third-order valence-corrected chi connectivity index (χ3v) is 1.31. The molecule has 59 valence electrons. The van der Waals surface area contributed by atoms with E-state index in [0.29, 0.717) is 13.2 Å². The van der Waals surface area contributed by atoms with Gasteiger partial charge in [-0.3, -0.25) is 4.84 Å². The Morgan fingerprint density at radius 2 is 2.00 bits per heavy atom.